The third kappa shape index (κ3) is 5.10. The molecule has 4 rings (SSSR count). The molecule has 0 saturated carbocycles. The van der Waals surface area contributed by atoms with Gasteiger partial charge in [-0.15, -0.1) is 5.10 Å². The van der Waals surface area contributed by atoms with E-state index in [4.69, 9.17) is 20.9 Å². The quantitative estimate of drug-likeness (QED) is 0.460. The number of aromatic nitrogens is 4. The molecule has 1 N–H and O–H groups in total. The van der Waals surface area contributed by atoms with Crippen LogP contribution in [0.25, 0.3) is 0 Å². The van der Waals surface area contributed by atoms with Gasteiger partial charge >= 0.3 is 0 Å². The van der Waals surface area contributed by atoms with Gasteiger partial charge in [0.2, 0.25) is 5.95 Å². The molecular weight excluding hydrogens is 418 g/mol. The number of nitrogens with one attached hydrogen (secondary N) is 1. The number of nitrogens with zero attached hydrogens (tertiary/aromatic N) is 4. The Balaban J connectivity index is 1.43. The lowest BCUT2D eigenvalue weighted by atomic mass is 10.1. The van der Waals surface area contributed by atoms with E-state index in [9.17, 15) is 4.79 Å². The maximum Gasteiger partial charge on any atom is 0.280 e. The number of carbonyl (C=O) groups is 1. The topological polar surface area (TPSA) is 95.1 Å². The number of rotatable bonds is 7. The van der Waals surface area contributed by atoms with Crippen molar-refractivity contribution in [3.05, 3.63) is 88.0 Å². The number of carbonyl (C=O) groups excluding carboxylic acids is 1. The van der Waals surface area contributed by atoms with E-state index in [1.165, 1.54) is 5.56 Å². The zero-order valence-electron chi connectivity index (χ0n) is 17.0. The number of aryl methyl sites for hydroxylation is 2. The predicted molar refractivity (Wildman–Crippen MR) is 115 cm³/mol. The Morgan fingerprint density at radius 3 is 2.84 bits per heavy atom. The highest BCUT2D eigenvalue weighted by Crippen LogP contribution is 2.21. The highest BCUT2D eigenvalue weighted by molar-refractivity contribution is 6.30. The van der Waals surface area contributed by atoms with Crippen LogP contribution in [0.1, 0.15) is 32.9 Å². The Kier molecular flexibility index (Phi) is 5.99. The van der Waals surface area contributed by atoms with Gasteiger partial charge in [0.15, 0.2) is 5.69 Å². The van der Waals surface area contributed by atoms with Crippen LogP contribution in [-0.4, -0.2) is 25.8 Å². The summed E-state index contributed by atoms with van der Waals surface area (Å²) in [6.45, 7) is 4.40. The molecule has 8 nitrogen and oxygen atoms in total. The summed E-state index contributed by atoms with van der Waals surface area (Å²) in [5.74, 6) is 0.774. The van der Waals surface area contributed by atoms with Gasteiger partial charge in [-0.1, -0.05) is 52.7 Å². The normalized spacial score (nSPS) is 10.8. The monoisotopic (exact) mass is 437 g/mol. The SMILES string of the molecule is Cc1cccc(Cn2cnc(NC(=O)c3noc(C)c3COc3cccc(Cl)c3)n2)c1. The van der Waals surface area contributed by atoms with Gasteiger partial charge in [-0.25, -0.2) is 9.67 Å². The molecule has 0 atom stereocenters. The molecule has 158 valence electrons. The van der Waals surface area contributed by atoms with E-state index < -0.39 is 5.91 Å². The number of ether oxygens (including phenoxy) is 1. The molecule has 0 bridgehead atoms. The summed E-state index contributed by atoms with van der Waals surface area (Å²) >= 11 is 5.98. The first-order chi connectivity index (χ1) is 15.0. The van der Waals surface area contributed by atoms with Crippen molar-refractivity contribution in [3.8, 4) is 5.75 Å². The van der Waals surface area contributed by atoms with Crippen LogP contribution in [0, 0.1) is 13.8 Å². The van der Waals surface area contributed by atoms with E-state index >= 15 is 0 Å². The van der Waals surface area contributed by atoms with E-state index in [1.807, 2.05) is 25.1 Å². The molecule has 2 aromatic heterocycles. The Hall–Kier alpha value is -3.65. The minimum absolute atomic E-state index is 0.105. The van der Waals surface area contributed by atoms with Gasteiger partial charge in [0.05, 0.1) is 12.1 Å². The summed E-state index contributed by atoms with van der Waals surface area (Å²) in [5, 5.41) is 11.4. The lowest BCUT2D eigenvalue weighted by Crippen LogP contribution is -2.16. The van der Waals surface area contributed by atoms with Crippen LogP contribution in [0.5, 0.6) is 5.75 Å². The maximum absolute atomic E-state index is 12.7. The van der Waals surface area contributed by atoms with Crippen molar-refractivity contribution in [2.24, 2.45) is 0 Å². The number of benzene rings is 2. The summed E-state index contributed by atoms with van der Waals surface area (Å²) in [4.78, 5) is 16.9. The number of anilines is 1. The summed E-state index contributed by atoms with van der Waals surface area (Å²) in [6.07, 6.45) is 1.56. The average Bonchev–Trinajstić information content (AvgIpc) is 3.32. The smallest absolute Gasteiger partial charge is 0.280 e. The van der Waals surface area contributed by atoms with Crippen molar-refractivity contribution in [1.82, 2.24) is 19.9 Å². The molecule has 31 heavy (non-hydrogen) atoms. The molecule has 0 aliphatic rings. The third-order valence-electron chi connectivity index (χ3n) is 4.57. The predicted octanol–water partition coefficient (Wildman–Crippen LogP) is 4.42. The van der Waals surface area contributed by atoms with Gasteiger partial charge in [-0.05, 0) is 37.6 Å². The van der Waals surface area contributed by atoms with Crippen molar-refractivity contribution in [2.75, 3.05) is 5.32 Å². The Bertz CT molecular complexity index is 1220. The van der Waals surface area contributed by atoms with Crippen LogP contribution in [0.4, 0.5) is 5.95 Å². The zero-order chi connectivity index (χ0) is 21.8. The summed E-state index contributed by atoms with van der Waals surface area (Å²) < 4.78 is 12.6. The van der Waals surface area contributed by atoms with Crippen molar-refractivity contribution in [2.45, 2.75) is 27.0 Å². The summed E-state index contributed by atoms with van der Waals surface area (Å²) in [5.41, 5.74) is 2.92. The average molecular weight is 438 g/mol. The maximum atomic E-state index is 12.7. The van der Waals surface area contributed by atoms with Crippen LogP contribution in [0.2, 0.25) is 5.02 Å². The van der Waals surface area contributed by atoms with E-state index in [-0.39, 0.29) is 18.2 Å². The van der Waals surface area contributed by atoms with E-state index in [2.05, 4.69) is 26.6 Å². The van der Waals surface area contributed by atoms with Crippen molar-refractivity contribution >= 4 is 23.5 Å². The van der Waals surface area contributed by atoms with Crippen LogP contribution < -0.4 is 10.1 Å². The molecule has 9 heteroatoms. The first-order valence-electron chi connectivity index (χ1n) is 9.58. The first kappa shape index (κ1) is 20.6. The Labute approximate surface area is 183 Å². The standard InChI is InChI=1S/C22H20ClN5O3/c1-14-5-3-6-16(9-14)11-28-13-24-22(26-28)25-21(29)20-19(15(2)31-27-20)12-30-18-8-4-7-17(23)10-18/h3-10,13H,11-12H2,1-2H3,(H,25,26,29). The minimum atomic E-state index is -0.477. The fraction of sp³-hybridized carbons (Fsp3) is 0.182. The zero-order valence-corrected chi connectivity index (χ0v) is 17.8. The number of amides is 1. The second-order valence-corrected chi connectivity index (χ2v) is 7.46. The van der Waals surface area contributed by atoms with Crippen molar-refractivity contribution < 1.29 is 14.1 Å². The summed E-state index contributed by atoms with van der Waals surface area (Å²) in [7, 11) is 0. The first-order valence-corrected chi connectivity index (χ1v) is 9.95. The molecule has 0 fully saturated rings. The van der Waals surface area contributed by atoms with Gasteiger partial charge in [-0.2, -0.15) is 0 Å². The summed E-state index contributed by atoms with van der Waals surface area (Å²) in [6, 6.07) is 15.1. The largest absolute Gasteiger partial charge is 0.489 e. The van der Waals surface area contributed by atoms with E-state index in [0.717, 1.165) is 5.56 Å². The number of halogens is 1. The van der Waals surface area contributed by atoms with Crippen LogP contribution >= 0.6 is 11.6 Å². The molecule has 0 aliphatic heterocycles. The third-order valence-corrected chi connectivity index (χ3v) is 4.80. The van der Waals surface area contributed by atoms with Gasteiger partial charge in [-0.3, -0.25) is 10.1 Å². The second kappa shape index (κ2) is 9.01. The van der Waals surface area contributed by atoms with Gasteiger partial charge in [0, 0.05) is 5.02 Å². The molecule has 2 heterocycles. The fourth-order valence-corrected chi connectivity index (χ4v) is 3.22. The Morgan fingerprint density at radius 1 is 1.19 bits per heavy atom. The molecule has 0 radical (unpaired) electrons. The highest BCUT2D eigenvalue weighted by atomic mass is 35.5. The molecule has 0 saturated heterocycles. The lowest BCUT2D eigenvalue weighted by molar-refractivity contribution is 0.101. The van der Waals surface area contributed by atoms with Crippen LogP contribution in [0.3, 0.4) is 0 Å². The second-order valence-electron chi connectivity index (χ2n) is 7.02. The molecule has 4 aromatic rings. The molecular formula is C22H20ClN5O3. The number of hydrogen-bond acceptors (Lipinski definition) is 6. The molecule has 1 amide bonds. The van der Waals surface area contributed by atoms with E-state index in [0.29, 0.717) is 28.6 Å². The molecule has 0 aliphatic carbocycles. The minimum Gasteiger partial charge on any atom is -0.489 e. The highest BCUT2D eigenvalue weighted by Gasteiger charge is 2.21. The lowest BCUT2D eigenvalue weighted by Gasteiger charge is -2.07. The van der Waals surface area contributed by atoms with Gasteiger partial charge in [0.1, 0.15) is 24.4 Å². The van der Waals surface area contributed by atoms with E-state index in [1.54, 1.807) is 42.2 Å². The van der Waals surface area contributed by atoms with Crippen molar-refractivity contribution in [3.63, 3.8) is 0 Å². The van der Waals surface area contributed by atoms with Gasteiger partial charge in [0.25, 0.3) is 5.91 Å². The van der Waals surface area contributed by atoms with Crippen LogP contribution in [-0.2, 0) is 13.2 Å². The molecule has 0 unspecified atom stereocenters. The fourth-order valence-electron chi connectivity index (χ4n) is 3.04. The Morgan fingerprint density at radius 2 is 2.03 bits per heavy atom. The van der Waals surface area contributed by atoms with Crippen molar-refractivity contribution in [1.29, 1.82) is 0 Å². The van der Waals surface area contributed by atoms with Gasteiger partial charge < -0.3 is 9.26 Å². The molecule has 2 aromatic carbocycles. The number of hydrogen-bond donors (Lipinski definition) is 1. The molecule has 0 spiro atoms. The van der Waals surface area contributed by atoms with Crippen LogP contribution in [0.15, 0.2) is 59.4 Å².